The molecular weight excluding hydrogens is 380 g/mol. The number of anilines is 1. The van der Waals surface area contributed by atoms with Crippen molar-refractivity contribution in [2.45, 2.75) is 59.4 Å². The Bertz CT molecular complexity index is 926. The molecule has 0 unspecified atom stereocenters. The highest BCUT2D eigenvalue weighted by molar-refractivity contribution is 5.41. The molecule has 8 nitrogen and oxygen atoms in total. The molecule has 0 spiro atoms. The molecule has 30 heavy (non-hydrogen) atoms. The Morgan fingerprint density at radius 1 is 1.00 bits per heavy atom. The van der Waals surface area contributed by atoms with Crippen LogP contribution in [0.25, 0.3) is 0 Å². The van der Waals surface area contributed by atoms with Crippen LogP contribution in [0.4, 0.5) is 5.82 Å². The fourth-order valence-electron chi connectivity index (χ4n) is 3.62. The summed E-state index contributed by atoms with van der Waals surface area (Å²) in [5.41, 5.74) is 1.19. The average molecular weight is 415 g/mol. The molecule has 3 heterocycles. The molecule has 2 aromatic rings. The molecule has 0 aliphatic carbocycles. The summed E-state index contributed by atoms with van der Waals surface area (Å²) in [6, 6.07) is 2.08. The summed E-state index contributed by atoms with van der Waals surface area (Å²) in [4.78, 5) is 29.7. The minimum Gasteiger partial charge on any atom is -0.493 e. The Hall–Kier alpha value is -2.48. The van der Waals surface area contributed by atoms with Gasteiger partial charge in [-0.3, -0.25) is 9.47 Å². The van der Waals surface area contributed by atoms with Crippen LogP contribution in [0.2, 0.25) is 0 Å². The largest absolute Gasteiger partial charge is 0.493 e. The lowest BCUT2D eigenvalue weighted by atomic mass is 9.95. The van der Waals surface area contributed by atoms with Crippen molar-refractivity contribution in [3.63, 3.8) is 0 Å². The van der Waals surface area contributed by atoms with Gasteiger partial charge in [-0.15, -0.1) is 0 Å². The van der Waals surface area contributed by atoms with Crippen molar-refractivity contribution in [2.24, 2.45) is 0 Å². The predicted octanol–water partition coefficient (Wildman–Crippen LogP) is 2.26. The Morgan fingerprint density at radius 3 is 2.33 bits per heavy atom. The molecule has 0 radical (unpaired) electrons. The standard InChI is InChI=1S/C22H34N6O2/c1-16-15-28(21(30)25-19(16)29)9-7-6-8-26-10-12-27(13-11-26)18-14-17(2)23-20(24-18)22(3,4)5/h14-15H,6-13H2,1-5H3,(H,25,29,30). The Labute approximate surface area is 178 Å². The first-order valence-electron chi connectivity index (χ1n) is 10.7. The number of piperazine rings is 1. The number of hydrogen-bond donors (Lipinski definition) is 1. The maximum absolute atomic E-state index is 11.8. The van der Waals surface area contributed by atoms with E-state index in [-0.39, 0.29) is 17.0 Å². The van der Waals surface area contributed by atoms with Crippen LogP contribution in [-0.4, -0.2) is 62.2 Å². The van der Waals surface area contributed by atoms with E-state index in [0.717, 1.165) is 62.9 Å². The Balaban J connectivity index is 1.47. The molecule has 164 valence electrons. The molecule has 8 heteroatoms. The molecule has 1 saturated heterocycles. The van der Waals surface area contributed by atoms with E-state index in [2.05, 4.69) is 46.6 Å². The maximum Gasteiger partial charge on any atom is 0.350 e. The minimum absolute atomic E-state index is 0.0594. The van der Waals surface area contributed by atoms with Gasteiger partial charge in [-0.25, -0.2) is 14.8 Å². The molecule has 0 aromatic carbocycles. The molecule has 2 aromatic heterocycles. The third-order valence-electron chi connectivity index (χ3n) is 5.48. The Morgan fingerprint density at radius 2 is 1.67 bits per heavy atom. The van der Waals surface area contributed by atoms with Gasteiger partial charge in [-0.05, 0) is 33.2 Å². The molecule has 1 fully saturated rings. The zero-order valence-electron chi connectivity index (χ0n) is 18.9. The zero-order chi connectivity index (χ0) is 21.9. The average Bonchev–Trinajstić information content (AvgIpc) is 2.68. The second kappa shape index (κ2) is 9.12. The summed E-state index contributed by atoms with van der Waals surface area (Å²) in [6.45, 7) is 15.8. The van der Waals surface area contributed by atoms with Gasteiger partial charge in [-0.2, -0.15) is 4.98 Å². The van der Waals surface area contributed by atoms with Gasteiger partial charge in [0.25, 0.3) is 0 Å². The van der Waals surface area contributed by atoms with Crippen molar-refractivity contribution < 1.29 is 5.11 Å². The minimum atomic E-state index is -0.388. The number of aromatic hydroxyl groups is 1. The number of hydrogen-bond acceptors (Lipinski definition) is 7. The van der Waals surface area contributed by atoms with Gasteiger partial charge in [-0.1, -0.05) is 20.8 Å². The summed E-state index contributed by atoms with van der Waals surface area (Å²) in [5.74, 6) is 1.75. The van der Waals surface area contributed by atoms with E-state index >= 15 is 0 Å². The number of aryl methyl sites for hydroxylation is 3. The summed E-state index contributed by atoms with van der Waals surface area (Å²) in [6.07, 6.45) is 3.61. The fraction of sp³-hybridized carbons (Fsp3) is 0.636. The summed E-state index contributed by atoms with van der Waals surface area (Å²) >= 11 is 0. The molecule has 3 rings (SSSR count). The molecule has 0 atom stereocenters. The maximum atomic E-state index is 11.8. The van der Waals surface area contributed by atoms with Gasteiger partial charge in [0.15, 0.2) is 0 Å². The van der Waals surface area contributed by atoms with E-state index in [1.807, 2.05) is 6.92 Å². The molecule has 1 aliphatic rings. The van der Waals surface area contributed by atoms with Crippen LogP contribution in [0.15, 0.2) is 17.1 Å². The molecule has 1 N–H and O–H groups in total. The number of aromatic nitrogens is 4. The topological polar surface area (TPSA) is 87.4 Å². The summed E-state index contributed by atoms with van der Waals surface area (Å²) < 4.78 is 1.58. The quantitative estimate of drug-likeness (QED) is 0.726. The third-order valence-corrected chi connectivity index (χ3v) is 5.48. The SMILES string of the molecule is Cc1cc(N2CCN(CCCCn3cc(C)c(O)nc3=O)CC2)nc(C(C)(C)C)n1. The van der Waals surface area contributed by atoms with Crippen molar-refractivity contribution >= 4 is 5.82 Å². The predicted molar refractivity (Wildman–Crippen MR) is 118 cm³/mol. The molecule has 0 amide bonds. The zero-order valence-corrected chi connectivity index (χ0v) is 18.9. The number of rotatable bonds is 6. The van der Waals surface area contributed by atoms with Crippen LogP contribution in [0, 0.1) is 13.8 Å². The molecule has 1 aliphatic heterocycles. The first-order valence-corrected chi connectivity index (χ1v) is 10.7. The van der Waals surface area contributed by atoms with Crippen LogP contribution in [-0.2, 0) is 12.0 Å². The van der Waals surface area contributed by atoms with Gasteiger partial charge >= 0.3 is 5.69 Å². The lowest BCUT2D eigenvalue weighted by Gasteiger charge is -2.36. The van der Waals surface area contributed by atoms with Crippen LogP contribution >= 0.6 is 0 Å². The van der Waals surface area contributed by atoms with Crippen molar-refractivity contribution in [3.05, 3.63) is 39.8 Å². The first kappa shape index (κ1) is 22.2. The summed E-state index contributed by atoms with van der Waals surface area (Å²) in [5, 5.41) is 9.50. The molecule has 0 bridgehead atoms. The second-order valence-electron chi connectivity index (χ2n) is 9.20. The van der Waals surface area contributed by atoms with Gasteiger partial charge in [0.1, 0.15) is 11.6 Å². The van der Waals surface area contributed by atoms with Crippen LogP contribution < -0.4 is 10.6 Å². The van der Waals surface area contributed by atoms with Crippen LogP contribution in [0.1, 0.15) is 50.7 Å². The van der Waals surface area contributed by atoms with E-state index in [1.54, 1.807) is 17.7 Å². The van der Waals surface area contributed by atoms with Crippen molar-refractivity contribution in [2.75, 3.05) is 37.6 Å². The monoisotopic (exact) mass is 414 g/mol. The van der Waals surface area contributed by atoms with Crippen LogP contribution in [0.3, 0.4) is 0 Å². The highest BCUT2D eigenvalue weighted by Gasteiger charge is 2.22. The van der Waals surface area contributed by atoms with Gasteiger partial charge in [0.05, 0.1) is 0 Å². The van der Waals surface area contributed by atoms with Gasteiger partial charge in [0, 0.05) is 61.7 Å². The molecular formula is C22H34N6O2. The van der Waals surface area contributed by atoms with Gasteiger partial charge in [0.2, 0.25) is 5.88 Å². The number of nitrogens with zero attached hydrogens (tertiary/aromatic N) is 6. The highest BCUT2D eigenvalue weighted by Crippen LogP contribution is 2.22. The van der Waals surface area contributed by atoms with E-state index in [1.165, 1.54) is 0 Å². The van der Waals surface area contributed by atoms with E-state index in [0.29, 0.717) is 12.1 Å². The smallest absolute Gasteiger partial charge is 0.350 e. The third kappa shape index (κ3) is 5.56. The lowest BCUT2D eigenvalue weighted by molar-refractivity contribution is 0.250. The normalized spacial score (nSPS) is 15.6. The fourth-order valence-corrected chi connectivity index (χ4v) is 3.62. The summed E-state index contributed by atoms with van der Waals surface area (Å²) in [7, 11) is 0. The second-order valence-corrected chi connectivity index (χ2v) is 9.20. The first-order chi connectivity index (χ1) is 14.1. The Kier molecular flexibility index (Phi) is 6.75. The van der Waals surface area contributed by atoms with Gasteiger partial charge < -0.3 is 10.0 Å². The van der Waals surface area contributed by atoms with Crippen LogP contribution in [0.5, 0.6) is 5.88 Å². The van der Waals surface area contributed by atoms with Crippen molar-refractivity contribution in [1.29, 1.82) is 0 Å². The number of unbranched alkanes of at least 4 members (excludes halogenated alkanes) is 1. The van der Waals surface area contributed by atoms with Crippen molar-refractivity contribution in [1.82, 2.24) is 24.4 Å². The molecule has 0 saturated carbocycles. The highest BCUT2D eigenvalue weighted by atomic mass is 16.3. The van der Waals surface area contributed by atoms with E-state index in [9.17, 15) is 9.90 Å². The lowest BCUT2D eigenvalue weighted by Crippen LogP contribution is -2.47. The van der Waals surface area contributed by atoms with E-state index < -0.39 is 0 Å². The van der Waals surface area contributed by atoms with Crippen molar-refractivity contribution in [3.8, 4) is 5.88 Å². The van der Waals surface area contributed by atoms with E-state index in [4.69, 9.17) is 4.98 Å².